The second-order valence-electron chi connectivity index (χ2n) is 7.64. The van der Waals surface area contributed by atoms with Crippen molar-refractivity contribution in [3.8, 4) is 11.3 Å². The standard InChI is InChI=1S/C23H22N6O/c1-28-15-26-22-20(28)13-19(27-21(22)17-5-4-9-24-14-17)16-7-11-29(12-8-16)23(30)18-6-2-3-10-25-18/h2-6,9-10,13-16H,7-8,11-12H2,1H3. The molecule has 7 nitrogen and oxygen atoms in total. The van der Waals surface area contributed by atoms with E-state index in [0.717, 1.165) is 40.8 Å². The van der Waals surface area contributed by atoms with Crippen LogP contribution in [0.25, 0.3) is 22.3 Å². The number of aromatic nitrogens is 5. The van der Waals surface area contributed by atoms with Crippen LogP contribution in [-0.2, 0) is 7.05 Å². The molecular formula is C23H22N6O. The number of likely N-dealkylation sites (tertiary alicyclic amines) is 1. The molecule has 7 heteroatoms. The maximum Gasteiger partial charge on any atom is 0.272 e. The van der Waals surface area contributed by atoms with Gasteiger partial charge in [-0.15, -0.1) is 0 Å². The third-order valence-electron chi connectivity index (χ3n) is 5.75. The second kappa shape index (κ2) is 7.67. The maximum absolute atomic E-state index is 12.7. The van der Waals surface area contributed by atoms with Gasteiger partial charge in [-0.1, -0.05) is 6.07 Å². The van der Waals surface area contributed by atoms with Gasteiger partial charge in [-0.2, -0.15) is 0 Å². The van der Waals surface area contributed by atoms with Crippen LogP contribution in [0.4, 0.5) is 0 Å². The smallest absolute Gasteiger partial charge is 0.272 e. The van der Waals surface area contributed by atoms with Gasteiger partial charge in [-0.05, 0) is 43.2 Å². The van der Waals surface area contributed by atoms with E-state index in [2.05, 4.69) is 21.0 Å². The van der Waals surface area contributed by atoms with Crippen molar-refractivity contribution in [1.82, 2.24) is 29.4 Å². The van der Waals surface area contributed by atoms with Gasteiger partial charge in [0.05, 0.1) is 17.5 Å². The van der Waals surface area contributed by atoms with E-state index >= 15 is 0 Å². The largest absolute Gasteiger partial charge is 0.337 e. The quantitative estimate of drug-likeness (QED) is 0.528. The number of amides is 1. The van der Waals surface area contributed by atoms with Gasteiger partial charge in [0.15, 0.2) is 0 Å². The molecule has 1 fully saturated rings. The highest BCUT2D eigenvalue weighted by Gasteiger charge is 2.27. The first-order valence-corrected chi connectivity index (χ1v) is 10.1. The number of fused-ring (bicyclic) bond motifs is 1. The lowest BCUT2D eigenvalue weighted by molar-refractivity contribution is 0.0706. The van der Waals surface area contributed by atoms with Crippen molar-refractivity contribution in [3.05, 3.63) is 72.7 Å². The number of piperidine rings is 1. The molecule has 0 aromatic carbocycles. The molecule has 150 valence electrons. The summed E-state index contributed by atoms with van der Waals surface area (Å²) in [6.07, 6.45) is 8.82. The van der Waals surface area contributed by atoms with Crippen LogP contribution in [0.3, 0.4) is 0 Å². The fourth-order valence-electron chi connectivity index (χ4n) is 4.09. The Kier molecular flexibility index (Phi) is 4.71. The SMILES string of the molecule is Cn1cnc2c(-c3cccnc3)nc(C3CCN(C(=O)c4ccccn4)CC3)cc21. The lowest BCUT2D eigenvalue weighted by atomic mass is 9.92. The third kappa shape index (κ3) is 3.32. The summed E-state index contributed by atoms with van der Waals surface area (Å²) in [7, 11) is 2.00. The Bertz CT molecular complexity index is 1180. The Morgan fingerprint density at radius 1 is 1.07 bits per heavy atom. The molecule has 1 aliphatic heterocycles. The van der Waals surface area contributed by atoms with E-state index in [4.69, 9.17) is 4.98 Å². The van der Waals surface area contributed by atoms with Gasteiger partial charge < -0.3 is 9.47 Å². The van der Waals surface area contributed by atoms with Gasteiger partial charge in [0, 0.05) is 55.9 Å². The fraction of sp³-hybridized carbons (Fsp3) is 0.261. The number of hydrogen-bond acceptors (Lipinski definition) is 5. The van der Waals surface area contributed by atoms with Crippen molar-refractivity contribution in [2.24, 2.45) is 7.05 Å². The number of imidazole rings is 1. The number of carbonyl (C=O) groups excluding carboxylic acids is 1. The molecule has 5 heterocycles. The Morgan fingerprint density at radius 3 is 2.67 bits per heavy atom. The average molecular weight is 398 g/mol. The van der Waals surface area contributed by atoms with Crippen LogP contribution in [0.2, 0.25) is 0 Å². The van der Waals surface area contributed by atoms with Gasteiger partial charge in [0.2, 0.25) is 0 Å². The van der Waals surface area contributed by atoms with Crippen molar-refractivity contribution in [2.45, 2.75) is 18.8 Å². The van der Waals surface area contributed by atoms with E-state index in [1.165, 1.54) is 0 Å². The van der Waals surface area contributed by atoms with Gasteiger partial charge in [-0.3, -0.25) is 19.7 Å². The normalized spacial score (nSPS) is 14.9. The summed E-state index contributed by atoms with van der Waals surface area (Å²) in [5.74, 6) is 0.299. The molecule has 0 N–H and O–H groups in total. The van der Waals surface area contributed by atoms with Crippen molar-refractivity contribution >= 4 is 16.9 Å². The number of hydrogen-bond donors (Lipinski definition) is 0. The molecule has 0 atom stereocenters. The molecule has 1 aliphatic rings. The minimum atomic E-state index is 0.000134. The summed E-state index contributed by atoms with van der Waals surface area (Å²) >= 11 is 0. The zero-order chi connectivity index (χ0) is 20.5. The van der Waals surface area contributed by atoms with E-state index < -0.39 is 0 Å². The van der Waals surface area contributed by atoms with Crippen LogP contribution in [0.5, 0.6) is 0 Å². The summed E-state index contributed by atoms with van der Waals surface area (Å²) < 4.78 is 2.03. The summed E-state index contributed by atoms with van der Waals surface area (Å²) in [5.41, 5.74) is 5.33. The monoisotopic (exact) mass is 398 g/mol. The van der Waals surface area contributed by atoms with E-state index in [1.54, 1.807) is 18.5 Å². The molecule has 0 unspecified atom stereocenters. The van der Waals surface area contributed by atoms with Crippen LogP contribution in [0, 0.1) is 0 Å². The van der Waals surface area contributed by atoms with Crippen LogP contribution in [-0.4, -0.2) is 48.4 Å². The van der Waals surface area contributed by atoms with Gasteiger partial charge in [-0.25, -0.2) is 4.98 Å². The predicted octanol–water partition coefficient (Wildman–Crippen LogP) is 3.45. The van der Waals surface area contributed by atoms with E-state index in [9.17, 15) is 4.79 Å². The van der Waals surface area contributed by atoms with E-state index in [-0.39, 0.29) is 5.91 Å². The summed E-state index contributed by atoms with van der Waals surface area (Å²) in [6.45, 7) is 1.40. The molecule has 4 aromatic rings. The lowest BCUT2D eigenvalue weighted by Crippen LogP contribution is -2.38. The number of aryl methyl sites for hydroxylation is 1. The Hall–Kier alpha value is -3.61. The molecule has 4 aromatic heterocycles. The highest BCUT2D eigenvalue weighted by atomic mass is 16.2. The first kappa shape index (κ1) is 18.4. The van der Waals surface area contributed by atoms with E-state index in [0.29, 0.717) is 24.7 Å². The highest BCUT2D eigenvalue weighted by Crippen LogP contribution is 2.33. The summed E-state index contributed by atoms with van der Waals surface area (Å²) in [5, 5.41) is 0. The number of carbonyl (C=O) groups is 1. The zero-order valence-electron chi connectivity index (χ0n) is 16.8. The number of pyridine rings is 3. The molecule has 0 spiro atoms. The number of rotatable bonds is 3. The second-order valence-corrected chi connectivity index (χ2v) is 7.64. The summed E-state index contributed by atoms with van der Waals surface area (Å²) in [6, 6.07) is 11.5. The van der Waals surface area contributed by atoms with Crippen LogP contribution in [0.1, 0.15) is 34.9 Å². The molecule has 0 aliphatic carbocycles. The van der Waals surface area contributed by atoms with Crippen molar-refractivity contribution in [2.75, 3.05) is 13.1 Å². The first-order chi connectivity index (χ1) is 14.7. The Balaban J connectivity index is 1.42. The van der Waals surface area contributed by atoms with Crippen molar-refractivity contribution in [3.63, 3.8) is 0 Å². The van der Waals surface area contributed by atoms with Crippen LogP contribution >= 0.6 is 0 Å². The van der Waals surface area contributed by atoms with Gasteiger partial charge >= 0.3 is 0 Å². The van der Waals surface area contributed by atoms with E-state index in [1.807, 2.05) is 53.3 Å². The molecule has 1 saturated heterocycles. The predicted molar refractivity (Wildman–Crippen MR) is 114 cm³/mol. The molecule has 30 heavy (non-hydrogen) atoms. The average Bonchev–Trinajstić information content (AvgIpc) is 3.20. The fourth-order valence-corrected chi connectivity index (χ4v) is 4.09. The minimum absolute atomic E-state index is 0.000134. The van der Waals surface area contributed by atoms with Gasteiger partial charge in [0.1, 0.15) is 11.2 Å². The minimum Gasteiger partial charge on any atom is -0.337 e. The molecule has 5 rings (SSSR count). The van der Waals surface area contributed by atoms with Crippen molar-refractivity contribution < 1.29 is 4.79 Å². The van der Waals surface area contributed by atoms with Crippen LogP contribution < -0.4 is 0 Å². The number of nitrogens with zero attached hydrogens (tertiary/aromatic N) is 6. The lowest BCUT2D eigenvalue weighted by Gasteiger charge is -2.31. The first-order valence-electron chi connectivity index (χ1n) is 10.1. The zero-order valence-corrected chi connectivity index (χ0v) is 16.8. The third-order valence-corrected chi connectivity index (χ3v) is 5.75. The Morgan fingerprint density at radius 2 is 1.93 bits per heavy atom. The molecule has 0 bridgehead atoms. The molecule has 0 saturated carbocycles. The topological polar surface area (TPSA) is 76.8 Å². The Labute approximate surface area is 174 Å². The van der Waals surface area contributed by atoms with Crippen molar-refractivity contribution in [1.29, 1.82) is 0 Å². The molecule has 0 radical (unpaired) electrons. The molecule has 1 amide bonds. The van der Waals surface area contributed by atoms with Crippen LogP contribution in [0.15, 0.2) is 61.3 Å². The summed E-state index contributed by atoms with van der Waals surface area (Å²) in [4.78, 5) is 32.6. The highest BCUT2D eigenvalue weighted by molar-refractivity contribution is 5.92. The van der Waals surface area contributed by atoms with Gasteiger partial charge in [0.25, 0.3) is 5.91 Å². The molecular weight excluding hydrogens is 376 g/mol. The maximum atomic E-state index is 12.7.